The van der Waals surface area contributed by atoms with Gasteiger partial charge in [-0.15, -0.1) is 0 Å². The number of hydrogen-bond acceptors (Lipinski definition) is 1. The van der Waals surface area contributed by atoms with E-state index < -0.39 is 0 Å². The maximum Gasteiger partial charge on any atom is 0.00495 e. The monoisotopic (exact) mass is 210 g/mol. The second-order valence-electron chi connectivity index (χ2n) is 5.95. The quantitative estimate of drug-likeness (QED) is 0.668. The molecular formula is C13H22S. The highest BCUT2D eigenvalue weighted by molar-refractivity contribution is 7.99. The first-order valence-corrected chi connectivity index (χ1v) is 7.59. The zero-order valence-corrected chi connectivity index (χ0v) is 10.2. The standard InChI is InChI=1S/C13H22S/c1-8(14-2)13-11-4-9-3-10(6-11)7-12(13)5-9/h8-13H,3-7H2,1-2H3. The third kappa shape index (κ3) is 1.35. The van der Waals surface area contributed by atoms with E-state index in [0.29, 0.717) is 0 Å². The Kier molecular flexibility index (Phi) is 2.35. The number of thioether (sulfide) groups is 1. The highest BCUT2D eigenvalue weighted by atomic mass is 32.2. The zero-order valence-electron chi connectivity index (χ0n) is 9.41. The fourth-order valence-corrected chi connectivity index (χ4v) is 5.65. The molecule has 4 aliphatic carbocycles. The van der Waals surface area contributed by atoms with E-state index in [-0.39, 0.29) is 0 Å². The van der Waals surface area contributed by atoms with E-state index in [0.717, 1.165) is 34.8 Å². The summed E-state index contributed by atoms with van der Waals surface area (Å²) in [5, 5.41) is 0.921. The molecule has 1 unspecified atom stereocenters. The van der Waals surface area contributed by atoms with Crippen molar-refractivity contribution in [2.75, 3.05) is 6.26 Å². The van der Waals surface area contributed by atoms with Gasteiger partial charge in [-0.3, -0.25) is 0 Å². The third-order valence-electron chi connectivity index (χ3n) is 5.21. The molecule has 0 radical (unpaired) electrons. The molecule has 14 heavy (non-hydrogen) atoms. The fourth-order valence-electron chi connectivity index (χ4n) is 4.89. The summed E-state index contributed by atoms with van der Waals surface area (Å²) in [6.07, 6.45) is 10.2. The van der Waals surface area contributed by atoms with Crippen LogP contribution >= 0.6 is 11.8 Å². The smallest absolute Gasteiger partial charge is 0.00495 e. The molecule has 4 aliphatic rings. The third-order valence-corrected chi connectivity index (χ3v) is 6.27. The molecule has 0 spiro atoms. The summed E-state index contributed by atoms with van der Waals surface area (Å²) in [4.78, 5) is 0. The van der Waals surface area contributed by atoms with E-state index in [1.54, 1.807) is 32.1 Å². The Bertz CT molecular complexity index is 195. The van der Waals surface area contributed by atoms with E-state index in [1.807, 2.05) is 0 Å². The highest BCUT2D eigenvalue weighted by Gasteiger charge is 2.49. The molecular weight excluding hydrogens is 188 g/mol. The molecule has 0 aromatic carbocycles. The van der Waals surface area contributed by atoms with Crippen molar-refractivity contribution in [1.82, 2.24) is 0 Å². The molecule has 4 rings (SSSR count). The molecule has 4 bridgehead atoms. The van der Waals surface area contributed by atoms with E-state index in [9.17, 15) is 0 Å². The van der Waals surface area contributed by atoms with Crippen LogP contribution in [0.3, 0.4) is 0 Å². The Labute approximate surface area is 92.2 Å². The van der Waals surface area contributed by atoms with Crippen molar-refractivity contribution in [2.24, 2.45) is 29.6 Å². The van der Waals surface area contributed by atoms with Crippen molar-refractivity contribution in [1.29, 1.82) is 0 Å². The lowest BCUT2D eigenvalue weighted by atomic mass is 9.51. The van der Waals surface area contributed by atoms with Crippen LogP contribution in [0, 0.1) is 29.6 Å². The van der Waals surface area contributed by atoms with Crippen molar-refractivity contribution in [3.63, 3.8) is 0 Å². The normalized spacial score (nSPS) is 52.3. The zero-order chi connectivity index (χ0) is 9.71. The van der Waals surface area contributed by atoms with Crippen LogP contribution in [0.1, 0.15) is 39.0 Å². The molecule has 0 N–H and O–H groups in total. The molecule has 0 nitrogen and oxygen atoms in total. The van der Waals surface area contributed by atoms with E-state index in [4.69, 9.17) is 0 Å². The van der Waals surface area contributed by atoms with Gasteiger partial charge in [-0.05, 0) is 67.9 Å². The molecule has 0 heterocycles. The molecule has 0 saturated heterocycles. The molecule has 0 aromatic rings. The van der Waals surface area contributed by atoms with E-state index >= 15 is 0 Å². The van der Waals surface area contributed by atoms with Gasteiger partial charge in [0.05, 0.1) is 0 Å². The second-order valence-corrected chi connectivity index (χ2v) is 7.16. The van der Waals surface area contributed by atoms with Crippen molar-refractivity contribution in [3.05, 3.63) is 0 Å². The Morgan fingerprint density at radius 1 is 0.929 bits per heavy atom. The maximum absolute atomic E-state index is 2.47. The molecule has 4 fully saturated rings. The predicted molar refractivity (Wildman–Crippen MR) is 63.5 cm³/mol. The van der Waals surface area contributed by atoms with Crippen molar-refractivity contribution in [2.45, 2.75) is 44.3 Å². The van der Waals surface area contributed by atoms with Gasteiger partial charge in [-0.1, -0.05) is 6.92 Å². The molecule has 0 aromatic heterocycles. The fraction of sp³-hybridized carbons (Fsp3) is 1.00. The predicted octanol–water partition coefficient (Wildman–Crippen LogP) is 3.81. The molecule has 80 valence electrons. The summed E-state index contributed by atoms with van der Waals surface area (Å²) in [5.41, 5.74) is 0. The number of hydrogen-bond donors (Lipinski definition) is 0. The molecule has 4 saturated carbocycles. The maximum atomic E-state index is 2.47. The summed E-state index contributed by atoms with van der Waals surface area (Å²) in [6.45, 7) is 2.47. The van der Waals surface area contributed by atoms with Gasteiger partial charge in [0.25, 0.3) is 0 Å². The summed E-state index contributed by atoms with van der Waals surface area (Å²) in [7, 11) is 0. The lowest BCUT2D eigenvalue weighted by Gasteiger charge is -2.56. The Hall–Kier alpha value is 0.350. The van der Waals surface area contributed by atoms with Crippen LogP contribution in [0.5, 0.6) is 0 Å². The summed E-state index contributed by atoms with van der Waals surface area (Å²) in [6, 6.07) is 0. The minimum atomic E-state index is 0.921. The Morgan fingerprint density at radius 2 is 1.43 bits per heavy atom. The van der Waals surface area contributed by atoms with Crippen LogP contribution in [0.2, 0.25) is 0 Å². The first-order valence-electron chi connectivity index (χ1n) is 6.30. The van der Waals surface area contributed by atoms with Gasteiger partial charge in [0.15, 0.2) is 0 Å². The first-order chi connectivity index (χ1) is 6.78. The topological polar surface area (TPSA) is 0 Å². The average molecular weight is 210 g/mol. The SMILES string of the molecule is CSC(C)C1C2CC3CC(C2)CC1C3. The summed E-state index contributed by atoms with van der Waals surface area (Å²) in [5.74, 6) is 5.60. The van der Waals surface area contributed by atoms with Crippen molar-refractivity contribution in [3.8, 4) is 0 Å². The highest BCUT2D eigenvalue weighted by Crippen LogP contribution is 2.58. The second kappa shape index (κ2) is 3.43. The van der Waals surface area contributed by atoms with Crippen molar-refractivity contribution >= 4 is 11.8 Å². The number of rotatable bonds is 2. The Morgan fingerprint density at radius 3 is 1.86 bits per heavy atom. The summed E-state index contributed by atoms with van der Waals surface area (Å²) < 4.78 is 0. The van der Waals surface area contributed by atoms with Gasteiger partial charge in [0, 0.05) is 5.25 Å². The van der Waals surface area contributed by atoms with E-state index in [2.05, 4.69) is 24.9 Å². The van der Waals surface area contributed by atoms with E-state index in [1.165, 1.54) is 0 Å². The van der Waals surface area contributed by atoms with Crippen LogP contribution in [0.15, 0.2) is 0 Å². The molecule has 1 heteroatoms. The minimum Gasteiger partial charge on any atom is -0.162 e. The first kappa shape index (κ1) is 9.57. The lowest BCUT2D eigenvalue weighted by molar-refractivity contribution is -0.0351. The van der Waals surface area contributed by atoms with Gasteiger partial charge >= 0.3 is 0 Å². The van der Waals surface area contributed by atoms with Gasteiger partial charge in [-0.25, -0.2) is 0 Å². The van der Waals surface area contributed by atoms with Crippen LogP contribution in [0.25, 0.3) is 0 Å². The molecule has 0 aliphatic heterocycles. The van der Waals surface area contributed by atoms with Gasteiger partial charge in [0.2, 0.25) is 0 Å². The summed E-state index contributed by atoms with van der Waals surface area (Å²) >= 11 is 2.10. The van der Waals surface area contributed by atoms with Crippen LogP contribution in [-0.2, 0) is 0 Å². The Balaban J connectivity index is 1.81. The van der Waals surface area contributed by atoms with Gasteiger partial charge in [-0.2, -0.15) is 11.8 Å². The van der Waals surface area contributed by atoms with Gasteiger partial charge in [0.1, 0.15) is 0 Å². The molecule has 0 amide bonds. The van der Waals surface area contributed by atoms with Crippen LogP contribution < -0.4 is 0 Å². The lowest BCUT2D eigenvalue weighted by Crippen LogP contribution is -2.47. The van der Waals surface area contributed by atoms with Gasteiger partial charge < -0.3 is 0 Å². The molecule has 1 atom stereocenters. The van der Waals surface area contributed by atoms with Crippen molar-refractivity contribution < 1.29 is 0 Å². The van der Waals surface area contributed by atoms with Crippen LogP contribution in [-0.4, -0.2) is 11.5 Å². The van der Waals surface area contributed by atoms with Crippen LogP contribution in [0.4, 0.5) is 0 Å². The average Bonchev–Trinajstić information content (AvgIpc) is 2.15. The minimum absolute atomic E-state index is 0.921. The largest absolute Gasteiger partial charge is 0.162 e.